The molecule has 0 unspecified atom stereocenters. The van der Waals surface area contributed by atoms with E-state index < -0.39 is 12.3 Å². The predicted molar refractivity (Wildman–Crippen MR) is 85.5 cm³/mol. The van der Waals surface area contributed by atoms with Gasteiger partial charge in [-0.2, -0.15) is 0 Å². The van der Waals surface area contributed by atoms with Gasteiger partial charge in [0.1, 0.15) is 11.3 Å². The summed E-state index contributed by atoms with van der Waals surface area (Å²) in [6.45, 7) is 1.04. The van der Waals surface area contributed by atoms with Crippen LogP contribution >= 0.6 is 6.72 Å². The third kappa shape index (κ3) is 3.35. The van der Waals surface area contributed by atoms with Crippen LogP contribution in [0.15, 0.2) is 27.4 Å². The monoisotopic (exact) mass is 328 g/mol. The lowest BCUT2D eigenvalue weighted by Gasteiger charge is -2.20. The molecule has 2 rings (SSSR count). The Morgan fingerprint density at radius 1 is 1.24 bits per heavy atom. The van der Waals surface area contributed by atoms with Gasteiger partial charge in [-0.05, 0) is 30.5 Å². The number of benzene rings is 1. The number of aryl methyl sites for hydroxylation is 2. The maximum atomic E-state index is 11.5. The van der Waals surface area contributed by atoms with Crippen LogP contribution in [0.5, 0.6) is 5.75 Å². The van der Waals surface area contributed by atoms with Crippen LogP contribution in [0.4, 0.5) is 0 Å². The van der Waals surface area contributed by atoms with E-state index in [-0.39, 0.29) is 0 Å². The Balaban J connectivity index is 2.63. The Morgan fingerprint density at radius 3 is 2.48 bits per heavy atom. The van der Waals surface area contributed by atoms with E-state index in [1.165, 1.54) is 20.3 Å². The van der Waals surface area contributed by atoms with Gasteiger partial charge in [-0.15, -0.1) is 0 Å². The van der Waals surface area contributed by atoms with Crippen LogP contribution in [0, 0.1) is 6.92 Å². The normalized spacial score (nSPS) is 11.8. The molecular formula is C14H17O5PS. The third-order valence-corrected chi connectivity index (χ3v) is 5.60. The van der Waals surface area contributed by atoms with Gasteiger partial charge in [-0.3, -0.25) is 0 Å². The number of hydrogen-bond acceptors (Lipinski definition) is 6. The average molecular weight is 328 g/mol. The molecule has 0 aliphatic carbocycles. The van der Waals surface area contributed by atoms with E-state index in [1.54, 1.807) is 6.07 Å². The average Bonchev–Trinajstić information content (AvgIpc) is 2.46. The van der Waals surface area contributed by atoms with Crippen LogP contribution in [0.1, 0.15) is 18.1 Å². The first kappa shape index (κ1) is 16.2. The third-order valence-electron chi connectivity index (χ3n) is 3.17. The molecule has 1 aromatic heterocycles. The summed E-state index contributed by atoms with van der Waals surface area (Å²) in [4.78, 5) is 11.5. The molecule has 0 aliphatic rings. The van der Waals surface area contributed by atoms with E-state index >= 15 is 0 Å². The summed E-state index contributed by atoms with van der Waals surface area (Å²) in [5.74, 6) is 0.519. The highest BCUT2D eigenvalue weighted by molar-refractivity contribution is 8.07. The van der Waals surface area contributed by atoms with Crippen LogP contribution in [0.25, 0.3) is 11.0 Å². The first-order chi connectivity index (χ1) is 9.92. The fraction of sp³-hybridized carbons (Fsp3) is 0.357. The van der Waals surface area contributed by atoms with Gasteiger partial charge >= 0.3 is 12.3 Å². The molecule has 5 nitrogen and oxygen atoms in total. The smallest absolute Gasteiger partial charge is 0.380 e. The lowest BCUT2D eigenvalue weighted by molar-refractivity contribution is 0.272. The molecule has 0 aliphatic heterocycles. The largest absolute Gasteiger partial charge is 0.424 e. The van der Waals surface area contributed by atoms with E-state index in [0.29, 0.717) is 11.3 Å². The standard InChI is InChI=1S/C14H17O5PS/c1-5-10-7-11-9(2)6-14(15)18-13(11)8-12(10)19-20(21,16-3)17-4/h6-8H,5H2,1-4H3. The molecule has 0 radical (unpaired) electrons. The van der Waals surface area contributed by atoms with E-state index in [4.69, 9.17) is 29.8 Å². The fourth-order valence-corrected chi connectivity index (χ4v) is 2.97. The highest BCUT2D eigenvalue weighted by Crippen LogP contribution is 2.49. The minimum atomic E-state index is -2.83. The molecular weight excluding hydrogens is 311 g/mol. The molecule has 1 heterocycles. The molecule has 114 valence electrons. The zero-order valence-electron chi connectivity index (χ0n) is 12.3. The quantitative estimate of drug-likeness (QED) is 0.618. The number of hydrogen-bond donors (Lipinski definition) is 0. The first-order valence-electron chi connectivity index (χ1n) is 6.41. The van der Waals surface area contributed by atoms with Crippen molar-refractivity contribution in [3.8, 4) is 5.75 Å². The summed E-state index contributed by atoms with van der Waals surface area (Å²) in [6.07, 6.45) is 0.743. The maximum Gasteiger partial charge on any atom is 0.380 e. The van der Waals surface area contributed by atoms with Gasteiger partial charge in [0, 0.05) is 43.5 Å². The molecule has 0 N–H and O–H groups in total. The van der Waals surface area contributed by atoms with Gasteiger partial charge in [0.05, 0.1) is 0 Å². The Kier molecular flexibility index (Phi) is 4.84. The Labute approximate surface area is 128 Å². The Hall–Kier alpha value is -1.20. The van der Waals surface area contributed by atoms with Crippen LogP contribution in [0.3, 0.4) is 0 Å². The van der Waals surface area contributed by atoms with Crippen molar-refractivity contribution in [1.29, 1.82) is 0 Å². The van der Waals surface area contributed by atoms with Gasteiger partial charge in [0.2, 0.25) is 0 Å². The van der Waals surface area contributed by atoms with Gasteiger partial charge in [0.25, 0.3) is 0 Å². The van der Waals surface area contributed by atoms with Gasteiger partial charge in [0.15, 0.2) is 0 Å². The number of fused-ring (bicyclic) bond motifs is 1. The number of rotatable bonds is 5. The van der Waals surface area contributed by atoms with E-state index in [1.807, 2.05) is 19.9 Å². The van der Waals surface area contributed by atoms with Crippen molar-refractivity contribution in [1.82, 2.24) is 0 Å². The van der Waals surface area contributed by atoms with Crippen molar-refractivity contribution in [3.63, 3.8) is 0 Å². The second kappa shape index (κ2) is 6.28. The Bertz CT molecular complexity index is 760. The summed E-state index contributed by atoms with van der Waals surface area (Å²) in [5.41, 5.74) is 1.87. The van der Waals surface area contributed by atoms with E-state index in [0.717, 1.165) is 22.9 Å². The first-order valence-corrected chi connectivity index (χ1v) is 8.96. The maximum absolute atomic E-state index is 11.5. The fourth-order valence-electron chi connectivity index (χ4n) is 2.02. The molecule has 0 saturated heterocycles. The summed E-state index contributed by atoms with van der Waals surface area (Å²) < 4.78 is 21.2. The molecule has 0 saturated carbocycles. The second-order valence-electron chi connectivity index (χ2n) is 4.46. The Morgan fingerprint density at radius 2 is 1.90 bits per heavy atom. The lowest BCUT2D eigenvalue weighted by Crippen LogP contribution is -2.02. The van der Waals surface area contributed by atoms with Crippen molar-refractivity contribution in [2.24, 2.45) is 0 Å². The van der Waals surface area contributed by atoms with Crippen molar-refractivity contribution >= 4 is 29.5 Å². The summed E-state index contributed by atoms with van der Waals surface area (Å²) >= 11 is 5.22. The molecule has 0 atom stereocenters. The zero-order chi connectivity index (χ0) is 15.6. The van der Waals surface area contributed by atoms with Gasteiger partial charge < -0.3 is 18.0 Å². The molecule has 0 bridgehead atoms. The topological polar surface area (TPSA) is 57.9 Å². The molecule has 0 spiro atoms. The highest BCUT2D eigenvalue weighted by atomic mass is 32.5. The summed E-state index contributed by atoms with van der Waals surface area (Å²) in [6, 6.07) is 5.08. The van der Waals surface area contributed by atoms with Crippen LogP contribution in [-0.2, 0) is 27.3 Å². The molecule has 7 heteroatoms. The van der Waals surface area contributed by atoms with Crippen LogP contribution in [-0.4, -0.2) is 14.2 Å². The lowest BCUT2D eigenvalue weighted by atomic mass is 10.1. The molecule has 0 fully saturated rings. The molecule has 0 amide bonds. The second-order valence-corrected chi connectivity index (χ2v) is 7.61. The minimum absolute atomic E-state index is 0.395. The van der Waals surface area contributed by atoms with E-state index in [2.05, 4.69) is 0 Å². The van der Waals surface area contributed by atoms with Crippen molar-refractivity contribution in [2.75, 3.05) is 14.2 Å². The van der Waals surface area contributed by atoms with Gasteiger partial charge in [-0.25, -0.2) is 4.79 Å². The van der Waals surface area contributed by atoms with Crippen LogP contribution < -0.4 is 10.1 Å². The zero-order valence-corrected chi connectivity index (χ0v) is 14.0. The van der Waals surface area contributed by atoms with Crippen molar-refractivity contribution in [2.45, 2.75) is 20.3 Å². The van der Waals surface area contributed by atoms with Crippen LogP contribution in [0.2, 0.25) is 0 Å². The predicted octanol–water partition coefficient (Wildman–Crippen LogP) is 3.56. The molecule has 1 aromatic carbocycles. The van der Waals surface area contributed by atoms with Crippen molar-refractivity contribution in [3.05, 3.63) is 39.7 Å². The van der Waals surface area contributed by atoms with Crippen molar-refractivity contribution < 1.29 is 18.0 Å². The summed E-state index contributed by atoms with van der Waals surface area (Å²) in [7, 11) is 2.89. The SMILES string of the molecule is CCc1cc2c(C)cc(=O)oc2cc1OP(=S)(OC)OC. The van der Waals surface area contributed by atoms with Gasteiger partial charge in [-0.1, -0.05) is 6.92 Å². The van der Waals surface area contributed by atoms with E-state index in [9.17, 15) is 4.79 Å². The minimum Gasteiger partial charge on any atom is -0.424 e. The summed E-state index contributed by atoms with van der Waals surface area (Å²) in [5, 5.41) is 0.877. The highest BCUT2D eigenvalue weighted by Gasteiger charge is 2.21. The molecule has 21 heavy (non-hydrogen) atoms. The molecule has 2 aromatic rings.